The number of imidazole rings is 1. The van der Waals surface area contributed by atoms with Gasteiger partial charge >= 0.3 is 0 Å². The molecule has 3 aliphatic heterocycles. The van der Waals surface area contributed by atoms with Crippen LogP contribution in [0, 0.1) is 6.92 Å². The standard InChI is InChI=1S/C21H21N4OP/c1-14-11-24-12-17(2-4-19(24)23-14)18-10-20(26)25-13-16(3-5-21(25)27-18)15-6-8-22-9-7-15/h2-6,10-13,21-22,27H,7-9H2,1H3. The molecule has 0 saturated heterocycles. The highest BCUT2D eigenvalue weighted by molar-refractivity contribution is 7.51. The fraction of sp³-hybridized carbons (Fsp3) is 0.238. The zero-order chi connectivity index (χ0) is 18.4. The number of allylic oxidation sites excluding steroid dienone is 2. The lowest BCUT2D eigenvalue weighted by molar-refractivity contribution is -0.123. The molecule has 2 aromatic heterocycles. The number of rotatable bonds is 2. The molecule has 6 heteroatoms. The Hall–Kier alpha value is -2.49. The van der Waals surface area contributed by atoms with Crippen LogP contribution in [-0.2, 0) is 4.79 Å². The Morgan fingerprint density at radius 2 is 2.22 bits per heavy atom. The van der Waals surface area contributed by atoms with E-state index in [2.05, 4.69) is 40.8 Å². The van der Waals surface area contributed by atoms with Crippen molar-refractivity contribution in [2.45, 2.75) is 19.1 Å². The lowest BCUT2D eigenvalue weighted by atomic mass is 9.99. The van der Waals surface area contributed by atoms with Gasteiger partial charge in [0, 0.05) is 31.2 Å². The van der Waals surface area contributed by atoms with Crippen LogP contribution in [-0.4, -0.2) is 39.1 Å². The summed E-state index contributed by atoms with van der Waals surface area (Å²) in [7, 11) is 0.532. The molecule has 3 aliphatic rings. The molecule has 0 saturated carbocycles. The van der Waals surface area contributed by atoms with E-state index in [4.69, 9.17) is 0 Å². The highest BCUT2D eigenvalue weighted by atomic mass is 31.1. The van der Waals surface area contributed by atoms with E-state index in [1.165, 1.54) is 5.57 Å². The Kier molecular flexibility index (Phi) is 4.07. The van der Waals surface area contributed by atoms with Crippen LogP contribution in [0.5, 0.6) is 0 Å². The summed E-state index contributed by atoms with van der Waals surface area (Å²) < 4.78 is 2.03. The molecule has 0 fully saturated rings. The van der Waals surface area contributed by atoms with Crippen molar-refractivity contribution < 1.29 is 4.79 Å². The number of pyridine rings is 1. The summed E-state index contributed by atoms with van der Waals surface area (Å²) in [6, 6.07) is 4.08. The van der Waals surface area contributed by atoms with E-state index >= 15 is 0 Å². The third-order valence-electron chi connectivity index (χ3n) is 5.18. The van der Waals surface area contributed by atoms with Crippen LogP contribution < -0.4 is 5.32 Å². The first kappa shape index (κ1) is 16.7. The third-order valence-corrected chi connectivity index (χ3v) is 6.69. The molecule has 27 heavy (non-hydrogen) atoms. The highest BCUT2D eigenvalue weighted by Crippen LogP contribution is 2.45. The van der Waals surface area contributed by atoms with E-state index in [1.54, 1.807) is 6.08 Å². The molecule has 0 aromatic carbocycles. The number of nitrogens with one attached hydrogen (secondary N) is 1. The van der Waals surface area contributed by atoms with Gasteiger partial charge < -0.3 is 14.6 Å². The molecule has 136 valence electrons. The Balaban J connectivity index is 1.45. The van der Waals surface area contributed by atoms with Gasteiger partial charge in [-0.25, -0.2) is 4.98 Å². The van der Waals surface area contributed by atoms with Gasteiger partial charge in [-0.05, 0) is 54.0 Å². The molecule has 0 spiro atoms. The quantitative estimate of drug-likeness (QED) is 0.819. The van der Waals surface area contributed by atoms with Gasteiger partial charge in [-0.2, -0.15) is 0 Å². The number of carbonyl (C=O) groups excluding carboxylic acids is 1. The second-order valence-electron chi connectivity index (χ2n) is 7.09. The number of amides is 1. The smallest absolute Gasteiger partial charge is 0.252 e. The van der Waals surface area contributed by atoms with Crippen molar-refractivity contribution in [3.8, 4) is 0 Å². The van der Waals surface area contributed by atoms with Crippen LogP contribution in [0.3, 0.4) is 0 Å². The number of carbonyl (C=O) groups is 1. The summed E-state index contributed by atoms with van der Waals surface area (Å²) in [5.41, 5.74) is 5.52. The highest BCUT2D eigenvalue weighted by Gasteiger charge is 2.29. The lowest BCUT2D eigenvalue weighted by Crippen LogP contribution is -2.35. The number of aromatic nitrogens is 2. The second kappa shape index (κ2) is 6.59. The van der Waals surface area contributed by atoms with Crippen LogP contribution >= 0.6 is 8.58 Å². The molecule has 1 amide bonds. The Morgan fingerprint density at radius 1 is 1.30 bits per heavy atom. The van der Waals surface area contributed by atoms with Crippen molar-refractivity contribution in [3.05, 3.63) is 77.4 Å². The number of hydrogen-bond acceptors (Lipinski definition) is 3. The minimum atomic E-state index is 0.0621. The summed E-state index contributed by atoms with van der Waals surface area (Å²) in [5, 5.41) is 4.44. The maximum Gasteiger partial charge on any atom is 0.252 e. The van der Waals surface area contributed by atoms with Crippen molar-refractivity contribution in [3.63, 3.8) is 0 Å². The van der Waals surface area contributed by atoms with E-state index in [0.717, 1.165) is 47.3 Å². The monoisotopic (exact) mass is 376 g/mol. The zero-order valence-electron chi connectivity index (χ0n) is 15.1. The molecule has 0 aliphatic carbocycles. The van der Waals surface area contributed by atoms with Crippen LogP contribution in [0.4, 0.5) is 0 Å². The van der Waals surface area contributed by atoms with Gasteiger partial charge in [-0.1, -0.05) is 26.8 Å². The molecule has 0 bridgehead atoms. The van der Waals surface area contributed by atoms with Gasteiger partial charge in [0.15, 0.2) is 0 Å². The lowest BCUT2D eigenvalue weighted by Gasteiger charge is -2.34. The fourth-order valence-corrected chi connectivity index (χ4v) is 5.17. The molecule has 5 rings (SSSR count). The first-order chi connectivity index (χ1) is 13.2. The zero-order valence-corrected chi connectivity index (χ0v) is 16.1. The van der Waals surface area contributed by atoms with Crippen molar-refractivity contribution in [2.24, 2.45) is 0 Å². The number of hydrogen-bond donors (Lipinski definition) is 1. The molecule has 5 heterocycles. The van der Waals surface area contributed by atoms with Crippen molar-refractivity contribution in [1.29, 1.82) is 0 Å². The SMILES string of the molecule is Cc1cn2cc(C3=CC(=O)N4C=C(C5=CCNCC5)C=CC4P3)ccc2n1. The van der Waals surface area contributed by atoms with Gasteiger partial charge in [0.05, 0.1) is 11.5 Å². The Bertz CT molecular complexity index is 1060. The Morgan fingerprint density at radius 3 is 3.07 bits per heavy atom. The van der Waals surface area contributed by atoms with Crippen LogP contribution in [0.25, 0.3) is 11.0 Å². The summed E-state index contributed by atoms with van der Waals surface area (Å²) in [5.74, 6) is 0.177. The molecule has 2 atom stereocenters. The van der Waals surface area contributed by atoms with E-state index in [9.17, 15) is 4.79 Å². The maximum absolute atomic E-state index is 12.8. The minimum Gasteiger partial charge on any atom is -0.313 e. The topological polar surface area (TPSA) is 49.6 Å². The third kappa shape index (κ3) is 3.07. The predicted molar refractivity (Wildman–Crippen MR) is 110 cm³/mol. The maximum atomic E-state index is 12.8. The predicted octanol–water partition coefficient (Wildman–Crippen LogP) is 3.20. The normalized spacial score (nSPS) is 23.3. The fourth-order valence-electron chi connectivity index (χ4n) is 3.80. The first-order valence-electron chi connectivity index (χ1n) is 9.24. The number of aryl methyl sites for hydroxylation is 1. The van der Waals surface area contributed by atoms with E-state index in [1.807, 2.05) is 34.7 Å². The van der Waals surface area contributed by atoms with Crippen LogP contribution in [0.1, 0.15) is 17.7 Å². The van der Waals surface area contributed by atoms with Gasteiger partial charge in [0.25, 0.3) is 5.91 Å². The van der Waals surface area contributed by atoms with E-state index < -0.39 is 0 Å². The molecular weight excluding hydrogens is 355 g/mol. The van der Waals surface area contributed by atoms with Gasteiger partial charge in [-0.15, -0.1) is 0 Å². The second-order valence-corrected chi connectivity index (χ2v) is 8.50. The number of nitrogens with zero attached hydrogens (tertiary/aromatic N) is 3. The molecule has 5 nitrogen and oxygen atoms in total. The molecule has 2 aromatic rings. The molecular formula is C21H21N4OP. The molecule has 1 N–H and O–H groups in total. The van der Waals surface area contributed by atoms with Crippen LogP contribution in [0.15, 0.2) is 66.2 Å². The van der Waals surface area contributed by atoms with Crippen molar-refractivity contribution >= 4 is 25.4 Å². The average molecular weight is 376 g/mol. The first-order valence-corrected chi connectivity index (χ1v) is 10.3. The summed E-state index contributed by atoms with van der Waals surface area (Å²) >= 11 is 0. The average Bonchev–Trinajstić information content (AvgIpc) is 3.07. The van der Waals surface area contributed by atoms with Crippen molar-refractivity contribution in [2.75, 3.05) is 13.1 Å². The largest absolute Gasteiger partial charge is 0.313 e. The summed E-state index contributed by atoms with van der Waals surface area (Å²) in [4.78, 5) is 19.2. The Labute approximate surface area is 159 Å². The van der Waals surface area contributed by atoms with Gasteiger partial charge in [0.2, 0.25) is 0 Å². The van der Waals surface area contributed by atoms with Crippen LogP contribution in [0.2, 0.25) is 0 Å². The van der Waals surface area contributed by atoms with Gasteiger partial charge in [-0.3, -0.25) is 4.79 Å². The van der Waals surface area contributed by atoms with Gasteiger partial charge in [0.1, 0.15) is 5.65 Å². The minimum absolute atomic E-state index is 0.0621. The molecule has 2 unspecified atom stereocenters. The van der Waals surface area contributed by atoms with E-state index in [0.29, 0.717) is 8.58 Å². The summed E-state index contributed by atoms with van der Waals surface area (Å²) in [6.07, 6.45) is 15.5. The van der Waals surface area contributed by atoms with Crippen molar-refractivity contribution in [1.82, 2.24) is 19.6 Å². The van der Waals surface area contributed by atoms with E-state index in [-0.39, 0.29) is 11.7 Å². The number of fused-ring (bicyclic) bond motifs is 2. The molecule has 0 radical (unpaired) electrons. The summed E-state index contributed by atoms with van der Waals surface area (Å²) in [6.45, 7) is 3.89.